The molecule has 1 aromatic heterocycles. The lowest BCUT2D eigenvalue weighted by molar-refractivity contribution is 0.0593. The van der Waals surface area contributed by atoms with E-state index in [1.165, 1.54) is 32.6 Å². The monoisotopic (exact) mass is 277 g/mol. The Balaban J connectivity index is 2.02. The molecule has 0 aliphatic carbocycles. The van der Waals surface area contributed by atoms with Crippen molar-refractivity contribution in [2.45, 2.75) is 33.1 Å². The summed E-state index contributed by atoms with van der Waals surface area (Å²) in [4.78, 5) is 22.1. The van der Waals surface area contributed by atoms with E-state index >= 15 is 0 Å². The van der Waals surface area contributed by atoms with Crippen molar-refractivity contribution in [1.29, 1.82) is 0 Å². The van der Waals surface area contributed by atoms with Crippen molar-refractivity contribution in [1.82, 2.24) is 9.97 Å². The van der Waals surface area contributed by atoms with Crippen molar-refractivity contribution in [2.24, 2.45) is 11.8 Å². The maximum atomic E-state index is 11.3. The molecule has 1 fully saturated rings. The van der Waals surface area contributed by atoms with Crippen LogP contribution in [0.5, 0.6) is 0 Å². The Bertz CT molecular complexity index is 445. The maximum Gasteiger partial charge on any atom is 0.358 e. The van der Waals surface area contributed by atoms with Gasteiger partial charge >= 0.3 is 5.97 Å². The largest absolute Gasteiger partial charge is 0.464 e. The molecule has 0 saturated carbocycles. The van der Waals surface area contributed by atoms with Gasteiger partial charge < -0.3 is 9.64 Å². The van der Waals surface area contributed by atoms with Gasteiger partial charge in [-0.2, -0.15) is 0 Å². The number of anilines is 1. The molecule has 110 valence electrons. The zero-order valence-electron chi connectivity index (χ0n) is 12.5. The molecular formula is C15H23N3O2. The molecule has 1 aliphatic heterocycles. The number of carbonyl (C=O) groups is 1. The first-order valence-electron chi connectivity index (χ1n) is 7.27. The van der Waals surface area contributed by atoms with E-state index in [0.29, 0.717) is 0 Å². The highest BCUT2D eigenvalue weighted by molar-refractivity contribution is 5.86. The van der Waals surface area contributed by atoms with Crippen LogP contribution in [0.25, 0.3) is 0 Å². The first-order chi connectivity index (χ1) is 9.61. The van der Waals surface area contributed by atoms with Gasteiger partial charge in [-0.15, -0.1) is 0 Å². The summed E-state index contributed by atoms with van der Waals surface area (Å²) in [5.74, 6) is 1.94. The Kier molecular flexibility index (Phi) is 4.93. The lowest BCUT2D eigenvalue weighted by atomic mass is 9.89. The van der Waals surface area contributed by atoms with Crippen LogP contribution in [0.15, 0.2) is 12.4 Å². The third-order valence-electron chi connectivity index (χ3n) is 4.07. The fourth-order valence-electron chi connectivity index (χ4n) is 2.71. The highest BCUT2D eigenvalue weighted by Gasteiger charge is 2.20. The normalized spacial score (nSPS) is 19.8. The van der Waals surface area contributed by atoms with Gasteiger partial charge in [0.1, 0.15) is 5.82 Å². The van der Waals surface area contributed by atoms with Crippen molar-refractivity contribution >= 4 is 11.8 Å². The molecular weight excluding hydrogens is 254 g/mol. The van der Waals surface area contributed by atoms with Crippen molar-refractivity contribution < 1.29 is 9.53 Å². The molecule has 0 N–H and O–H groups in total. The summed E-state index contributed by atoms with van der Waals surface area (Å²) in [5, 5.41) is 0. The second-order valence-electron chi connectivity index (χ2n) is 5.67. The number of rotatable bonds is 3. The van der Waals surface area contributed by atoms with Crippen LogP contribution in [0, 0.1) is 11.8 Å². The molecule has 1 atom stereocenters. The van der Waals surface area contributed by atoms with Crippen LogP contribution in [0.3, 0.4) is 0 Å². The van der Waals surface area contributed by atoms with Gasteiger partial charge in [-0.3, -0.25) is 0 Å². The molecule has 5 nitrogen and oxygen atoms in total. The Morgan fingerprint density at radius 3 is 2.70 bits per heavy atom. The average molecular weight is 277 g/mol. The van der Waals surface area contributed by atoms with Gasteiger partial charge in [0.25, 0.3) is 0 Å². The second kappa shape index (κ2) is 6.68. The van der Waals surface area contributed by atoms with Crippen molar-refractivity contribution in [2.75, 3.05) is 25.1 Å². The molecule has 2 rings (SSSR count). The SMILES string of the molecule is COC(=O)c1cnc(N2CCCC(C(C)C)CC2)cn1. The maximum absolute atomic E-state index is 11.3. The van der Waals surface area contributed by atoms with Gasteiger partial charge in [0, 0.05) is 13.1 Å². The third-order valence-corrected chi connectivity index (χ3v) is 4.07. The van der Waals surface area contributed by atoms with Gasteiger partial charge in [-0.05, 0) is 31.1 Å². The van der Waals surface area contributed by atoms with E-state index in [1.54, 1.807) is 6.20 Å². The summed E-state index contributed by atoms with van der Waals surface area (Å²) in [6.45, 7) is 6.61. The van der Waals surface area contributed by atoms with Crippen LogP contribution >= 0.6 is 0 Å². The number of hydrogen-bond acceptors (Lipinski definition) is 5. The summed E-state index contributed by atoms with van der Waals surface area (Å²) in [6.07, 6.45) is 6.82. The average Bonchev–Trinajstić information content (AvgIpc) is 2.72. The molecule has 0 bridgehead atoms. The minimum absolute atomic E-state index is 0.256. The number of hydrogen-bond donors (Lipinski definition) is 0. The topological polar surface area (TPSA) is 55.3 Å². The molecule has 1 saturated heterocycles. The third kappa shape index (κ3) is 3.46. The summed E-state index contributed by atoms with van der Waals surface area (Å²) in [7, 11) is 1.35. The van der Waals surface area contributed by atoms with E-state index in [2.05, 4.69) is 33.5 Å². The predicted molar refractivity (Wildman–Crippen MR) is 77.8 cm³/mol. The summed E-state index contributed by atoms with van der Waals surface area (Å²) in [5.41, 5.74) is 0.256. The standard InChI is InChI=1S/C15H23N3O2/c1-11(2)12-5-4-7-18(8-6-12)14-10-16-13(9-17-14)15(19)20-3/h9-12H,4-8H2,1-3H3. The highest BCUT2D eigenvalue weighted by Crippen LogP contribution is 2.26. The molecule has 2 heterocycles. The van der Waals surface area contributed by atoms with E-state index in [0.717, 1.165) is 30.7 Å². The number of ether oxygens (including phenoxy) is 1. The minimum atomic E-state index is -0.445. The quantitative estimate of drug-likeness (QED) is 0.795. The second-order valence-corrected chi connectivity index (χ2v) is 5.67. The van der Waals surface area contributed by atoms with Crippen LogP contribution in [0.4, 0.5) is 5.82 Å². The van der Waals surface area contributed by atoms with Crippen LogP contribution in [0.2, 0.25) is 0 Å². The molecule has 1 unspecified atom stereocenters. The number of aromatic nitrogens is 2. The highest BCUT2D eigenvalue weighted by atomic mass is 16.5. The van der Waals surface area contributed by atoms with Gasteiger partial charge in [0.2, 0.25) is 0 Å². The number of carbonyl (C=O) groups excluding carboxylic acids is 1. The Morgan fingerprint density at radius 2 is 2.10 bits per heavy atom. The van der Waals surface area contributed by atoms with Gasteiger partial charge in [-0.25, -0.2) is 14.8 Å². The lowest BCUT2D eigenvalue weighted by Gasteiger charge is -2.22. The predicted octanol–water partition coefficient (Wildman–Crippen LogP) is 2.53. The van der Waals surface area contributed by atoms with E-state index in [1.807, 2.05) is 0 Å². The Labute approximate surface area is 120 Å². The van der Waals surface area contributed by atoms with Gasteiger partial charge in [0.05, 0.1) is 19.5 Å². The van der Waals surface area contributed by atoms with Crippen molar-refractivity contribution in [3.05, 3.63) is 18.1 Å². The fourth-order valence-corrected chi connectivity index (χ4v) is 2.71. The van der Waals surface area contributed by atoms with Crippen molar-refractivity contribution in [3.63, 3.8) is 0 Å². The van der Waals surface area contributed by atoms with Gasteiger partial charge in [0.15, 0.2) is 5.69 Å². The molecule has 1 aliphatic rings. The molecule has 0 amide bonds. The molecule has 20 heavy (non-hydrogen) atoms. The number of esters is 1. The summed E-state index contributed by atoms with van der Waals surface area (Å²) in [6, 6.07) is 0. The summed E-state index contributed by atoms with van der Waals surface area (Å²) < 4.78 is 4.63. The molecule has 0 spiro atoms. The van der Waals surface area contributed by atoms with E-state index in [9.17, 15) is 4.79 Å². The van der Waals surface area contributed by atoms with Crippen LogP contribution in [-0.2, 0) is 4.74 Å². The van der Waals surface area contributed by atoms with Gasteiger partial charge in [-0.1, -0.05) is 13.8 Å². The minimum Gasteiger partial charge on any atom is -0.464 e. The number of nitrogens with zero attached hydrogens (tertiary/aromatic N) is 3. The number of methoxy groups -OCH3 is 1. The smallest absolute Gasteiger partial charge is 0.358 e. The molecule has 0 radical (unpaired) electrons. The zero-order chi connectivity index (χ0) is 14.5. The summed E-state index contributed by atoms with van der Waals surface area (Å²) >= 11 is 0. The first kappa shape index (κ1) is 14.8. The van der Waals surface area contributed by atoms with E-state index in [4.69, 9.17) is 0 Å². The lowest BCUT2D eigenvalue weighted by Crippen LogP contribution is -2.26. The van der Waals surface area contributed by atoms with Crippen molar-refractivity contribution in [3.8, 4) is 0 Å². The Hall–Kier alpha value is -1.65. The fraction of sp³-hybridized carbons (Fsp3) is 0.667. The zero-order valence-corrected chi connectivity index (χ0v) is 12.5. The molecule has 5 heteroatoms. The molecule has 1 aromatic rings. The first-order valence-corrected chi connectivity index (χ1v) is 7.27. The van der Waals surface area contributed by atoms with Crippen LogP contribution in [0.1, 0.15) is 43.6 Å². The van der Waals surface area contributed by atoms with Crippen LogP contribution < -0.4 is 4.90 Å². The molecule has 0 aromatic carbocycles. The van der Waals surface area contributed by atoms with Crippen LogP contribution in [-0.4, -0.2) is 36.1 Å². The van der Waals surface area contributed by atoms with E-state index < -0.39 is 5.97 Å². The Morgan fingerprint density at radius 1 is 1.30 bits per heavy atom. The van der Waals surface area contributed by atoms with E-state index in [-0.39, 0.29) is 5.69 Å².